The van der Waals surface area contributed by atoms with E-state index in [9.17, 15) is 8.78 Å². The van der Waals surface area contributed by atoms with Crippen molar-refractivity contribution in [1.82, 2.24) is 9.97 Å². The van der Waals surface area contributed by atoms with E-state index in [1.165, 1.54) is 18.2 Å². The summed E-state index contributed by atoms with van der Waals surface area (Å²) in [5, 5.41) is 3.37. The van der Waals surface area contributed by atoms with Crippen LogP contribution in [0.25, 0.3) is 11.3 Å². The molecular weight excluding hydrogens is 384 g/mol. The van der Waals surface area contributed by atoms with E-state index >= 15 is 0 Å². The molecule has 1 aromatic carbocycles. The van der Waals surface area contributed by atoms with Gasteiger partial charge in [-0.25, -0.2) is 8.78 Å². The van der Waals surface area contributed by atoms with Crippen LogP contribution in [0.4, 0.5) is 20.2 Å². The highest BCUT2D eigenvalue weighted by atomic mass is 19.1. The standard InChI is InChI=1S/C23H25F2N5/c1-15-10-16(26)14-30(13-15)22-8-9-27-12-21(22)28-11-17-4-2-7-20(29-17)23-18(24)5-3-6-19(23)25/h2-9,12,15-16,28H,10-11,13-14,26H2,1H3. The fourth-order valence-corrected chi connectivity index (χ4v) is 4.04. The summed E-state index contributed by atoms with van der Waals surface area (Å²) in [6, 6.07) is 11.1. The molecular formula is C23H25F2N5. The smallest absolute Gasteiger partial charge is 0.135 e. The first-order valence-corrected chi connectivity index (χ1v) is 10.1. The van der Waals surface area contributed by atoms with Gasteiger partial charge in [-0.3, -0.25) is 9.97 Å². The average Bonchev–Trinajstić information content (AvgIpc) is 2.72. The number of benzene rings is 1. The Morgan fingerprint density at radius 2 is 1.87 bits per heavy atom. The fourth-order valence-electron chi connectivity index (χ4n) is 4.04. The number of anilines is 2. The van der Waals surface area contributed by atoms with Crippen molar-refractivity contribution < 1.29 is 8.78 Å². The Balaban J connectivity index is 1.54. The van der Waals surface area contributed by atoms with E-state index in [1.54, 1.807) is 24.5 Å². The zero-order chi connectivity index (χ0) is 21.1. The minimum absolute atomic E-state index is 0.113. The molecule has 0 saturated carbocycles. The molecule has 156 valence electrons. The highest BCUT2D eigenvalue weighted by Gasteiger charge is 2.24. The summed E-state index contributed by atoms with van der Waals surface area (Å²) in [5.74, 6) is -0.737. The lowest BCUT2D eigenvalue weighted by Crippen LogP contribution is -2.46. The molecule has 5 nitrogen and oxygen atoms in total. The van der Waals surface area contributed by atoms with Gasteiger partial charge < -0.3 is 16.0 Å². The van der Waals surface area contributed by atoms with Crippen LogP contribution in [-0.4, -0.2) is 29.1 Å². The normalized spacial score (nSPS) is 19.0. The molecule has 7 heteroatoms. The number of pyridine rings is 2. The third-order valence-electron chi connectivity index (χ3n) is 5.32. The minimum atomic E-state index is -0.627. The number of hydrogen-bond donors (Lipinski definition) is 2. The van der Waals surface area contributed by atoms with Gasteiger partial charge in [-0.05, 0) is 42.7 Å². The first-order chi connectivity index (χ1) is 14.5. The van der Waals surface area contributed by atoms with Crippen LogP contribution in [0.15, 0.2) is 54.9 Å². The number of hydrogen-bond acceptors (Lipinski definition) is 5. The van der Waals surface area contributed by atoms with Crippen LogP contribution in [0.1, 0.15) is 19.0 Å². The first kappa shape index (κ1) is 20.2. The summed E-state index contributed by atoms with van der Waals surface area (Å²) in [5.41, 5.74) is 8.97. The molecule has 0 amide bonds. The monoisotopic (exact) mass is 409 g/mol. The van der Waals surface area contributed by atoms with Crippen LogP contribution >= 0.6 is 0 Å². The maximum atomic E-state index is 14.1. The van der Waals surface area contributed by atoms with Gasteiger partial charge >= 0.3 is 0 Å². The van der Waals surface area contributed by atoms with Gasteiger partial charge in [0.15, 0.2) is 0 Å². The summed E-state index contributed by atoms with van der Waals surface area (Å²) in [6.45, 7) is 4.34. The molecule has 4 rings (SSSR count). The molecule has 0 radical (unpaired) electrons. The van der Waals surface area contributed by atoms with Gasteiger partial charge in [0.1, 0.15) is 11.6 Å². The lowest BCUT2D eigenvalue weighted by molar-refractivity contribution is 0.402. The Bertz CT molecular complexity index is 996. The quantitative estimate of drug-likeness (QED) is 0.661. The Morgan fingerprint density at radius 1 is 1.10 bits per heavy atom. The van der Waals surface area contributed by atoms with Crippen LogP contribution in [-0.2, 0) is 6.54 Å². The molecule has 0 aliphatic carbocycles. The number of nitrogens with one attached hydrogen (secondary N) is 1. The van der Waals surface area contributed by atoms with E-state index in [2.05, 4.69) is 27.1 Å². The van der Waals surface area contributed by atoms with E-state index in [-0.39, 0.29) is 17.3 Å². The number of nitrogens with zero attached hydrogens (tertiary/aromatic N) is 3. The van der Waals surface area contributed by atoms with Crippen LogP contribution < -0.4 is 16.0 Å². The second-order valence-electron chi connectivity index (χ2n) is 7.86. The summed E-state index contributed by atoms with van der Waals surface area (Å²) in [6.07, 6.45) is 4.57. The molecule has 3 aromatic rings. The summed E-state index contributed by atoms with van der Waals surface area (Å²) >= 11 is 0. The van der Waals surface area contributed by atoms with Crippen LogP contribution in [0, 0.1) is 17.6 Å². The van der Waals surface area contributed by atoms with Crippen molar-refractivity contribution in [2.24, 2.45) is 11.7 Å². The van der Waals surface area contributed by atoms with Crippen LogP contribution in [0.2, 0.25) is 0 Å². The number of piperidine rings is 1. The Kier molecular flexibility index (Phi) is 5.90. The number of nitrogens with two attached hydrogens (primary N) is 1. The molecule has 1 aliphatic rings. The summed E-state index contributed by atoms with van der Waals surface area (Å²) < 4.78 is 28.2. The van der Waals surface area contributed by atoms with Crippen molar-refractivity contribution in [2.75, 3.05) is 23.3 Å². The zero-order valence-electron chi connectivity index (χ0n) is 16.9. The van der Waals surface area contributed by atoms with Crippen molar-refractivity contribution in [2.45, 2.75) is 25.9 Å². The molecule has 3 N–H and O–H groups in total. The van der Waals surface area contributed by atoms with Gasteiger partial charge in [0.2, 0.25) is 0 Å². The summed E-state index contributed by atoms with van der Waals surface area (Å²) in [4.78, 5) is 11.0. The molecule has 0 spiro atoms. The lowest BCUT2D eigenvalue weighted by Gasteiger charge is -2.37. The maximum Gasteiger partial charge on any atom is 0.135 e. The van der Waals surface area contributed by atoms with E-state index in [0.717, 1.165) is 30.9 Å². The topological polar surface area (TPSA) is 67.1 Å². The highest BCUT2D eigenvalue weighted by molar-refractivity contribution is 5.69. The van der Waals surface area contributed by atoms with E-state index in [1.807, 2.05) is 12.1 Å². The van der Waals surface area contributed by atoms with Gasteiger partial charge in [-0.15, -0.1) is 0 Å². The molecule has 2 atom stereocenters. The van der Waals surface area contributed by atoms with E-state index in [4.69, 9.17) is 5.73 Å². The molecule has 2 aromatic heterocycles. The van der Waals surface area contributed by atoms with Crippen molar-refractivity contribution in [1.29, 1.82) is 0 Å². The van der Waals surface area contributed by atoms with Crippen LogP contribution in [0.5, 0.6) is 0 Å². The third-order valence-corrected chi connectivity index (χ3v) is 5.32. The van der Waals surface area contributed by atoms with Crippen molar-refractivity contribution in [3.05, 3.63) is 72.2 Å². The Hall–Kier alpha value is -3.06. The maximum absolute atomic E-state index is 14.1. The molecule has 1 fully saturated rings. The van der Waals surface area contributed by atoms with E-state index in [0.29, 0.717) is 18.2 Å². The summed E-state index contributed by atoms with van der Waals surface area (Å²) in [7, 11) is 0. The van der Waals surface area contributed by atoms with E-state index < -0.39 is 11.6 Å². The molecule has 1 aliphatic heterocycles. The number of rotatable bonds is 5. The molecule has 2 unspecified atom stereocenters. The Morgan fingerprint density at radius 3 is 2.63 bits per heavy atom. The largest absolute Gasteiger partial charge is 0.376 e. The highest BCUT2D eigenvalue weighted by Crippen LogP contribution is 2.29. The second kappa shape index (κ2) is 8.75. The van der Waals surface area contributed by atoms with Crippen LogP contribution in [0.3, 0.4) is 0 Å². The van der Waals surface area contributed by atoms with Gasteiger partial charge in [0, 0.05) is 25.3 Å². The molecule has 3 heterocycles. The van der Waals surface area contributed by atoms with Gasteiger partial charge in [0.05, 0.1) is 41.1 Å². The zero-order valence-corrected chi connectivity index (χ0v) is 16.9. The van der Waals surface area contributed by atoms with Crippen molar-refractivity contribution in [3.63, 3.8) is 0 Å². The minimum Gasteiger partial charge on any atom is -0.376 e. The average molecular weight is 409 g/mol. The predicted octanol–water partition coefficient (Wildman–Crippen LogP) is 4.21. The molecule has 30 heavy (non-hydrogen) atoms. The van der Waals surface area contributed by atoms with Crippen molar-refractivity contribution in [3.8, 4) is 11.3 Å². The molecule has 1 saturated heterocycles. The predicted molar refractivity (Wildman–Crippen MR) is 115 cm³/mol. The number of aromatic nitrogens is 2. The second-order valence-corrected chi connectivity index (χ2v) is 7.86. The number of halogens is 2. The lowest BCUT2D eigenvalue weighted by atomic mass is 9.96. The fraction of sp³-hybridized carbons (Fsp3) is 0.304. The molecule has 0 bridgehead atoms. The van der Waals surface area contributed by atoms with Gasteiger partial charge in [0.25, 0.3) is 0 Å². The van der Waals surface area contributed by atoms with Crippen molar-refractivity contribution >= 4 is 11.4 Å². The Labute approximate surface area is 175 Å². The third kappa shape index (κ3) is 4.41. The SMILES string of the molecule is CC1CC(N)CN(c2ccncc2NCc2cccc(-c3c(F)cccc3F)n2)C1. The first-order valence-electron chi connectivity index (χ1n) is 10.1. The van der Waals surface area contributed by atoms with Gasteiger partial charge in [-0.1, -0.05) is 19.1 Å². The van der Waals surface area contributed by atoms with Gasteiger partial charge in [-0.2, -0.15) is 0 Å².